The molecule has 1 aromatic heterocycles. The molecule has 0 saturated carbocycles. The molecule has 0 spiro atoms. The van der Waals surface area contributed by atoms with Crippen molar-refractivity contribution < 1.29 is 28.1 Å². The van der Waals surface area contributed by atoms with Gasteiger partial charge in [0.05, 0.1) is 22.8 Å². The summed E-state index contributed by atoms with van der Waals surface area (Å²) < 4.78 is 48.3. The standard InChI is InChI=1S/C27H20Cl3F2N3O4S/c28-16-7-6-15(10-17(16)29)40-27-24(36)23(25-21(38-27)12-37-26(39-25)13-4-2-1-3-5-13)35-11-20(33-34-35)14-8-18(31)22(30)19(32)9-14/h1-11,21,23-27,36H,12H2/t21-,23-,24-,25+,26?,27-/m1/s1. The predicted molar refractivity (Wildman–Crippen MR) is 146 cm³/mol. The molecule has 1 unspecified atom stereocenters. The molecule has 0 bridgehead atoms. The Labute approximate surface area is 246 Å². The average molecular weight is 627 g/mol. The number of rotatable bonds is 5. The minimum atomic E-state index is -1.15. The van der Waals surface area contributed by atoms with E-state index in [0.29, 0.717) is 10.0 Å². The van der Waals surface area contributed by atoms with Crippen LogP contribution in [0, 0.1) is 11.6 Å². The van der Waals surface area contributed by atoms with E-state index in [1.54, 1.807) is 18.2 Å². The lowest BCUT2D eigenvalue weighted by molar-refractivity contribution is -0.306. The Kier molecular flexibility index (Phi) is 8.04. The van der Waals surface area contributed by atoms with Gasteiger partial charge in [-0.2, -0.15) is 0 Å². The van der Waals surface area contributed by atoms with E-state index in [0.717, 1.165) is 22.6 Å². The molecule has 40 heavy (non-hydrogen) atoms. The fraction of sp³-hybridized carbons (Fsp3) is 0.259. The Hall–Kier alpha value is -2.28. The Morgan fingerprint density at radius 3 is 2.42 bits per heavy atom. The third-order valence-corrected chi connectivity index (χ3v) is 8.89. The lowest BCUT2D eigenvalue weighted by atomic mass is 9.96. The highest BCUT2D eigenvalue weighted by Crippen LogP contribution is 2.44. The molecule has 3 heterocycles. The van der Waals surface area contributed by atoms with E-state index >= 15 is 0 Å². The number of nitrogens with zero attached hydrogens (tertiary/aromatic N) is 3. The summed E-state index contributed by atoms with van der Waals surface area (Å²) in [6.45, 7) is 0.182. The number of aromatic nitrogens is 3. The Balaban J connectivity index is 1.34. The second kappa shape index (κ2) is 11.5. The molecule has 2 aliphatic heterocycles. The number of thioether (sulfide) groups is 1. The van der Waals surface area contributed by atoms with Crippen molar-refractivity contribution in [3.63, 3.8) is 0 Å². The zero-order chi connectivity index (χ0) is 28.0. The van der Waals surface area contributed by atoms with Crippen molar-refractivity contribution >= 4 is 46.6 Å². The van der Waals surface area contributed by atoms with Gasteiger partial charge >= 0.3 is 0 Å². The van der Waals surface area contributed by atoms with Crippen LogP contribution in [0.4, 0.5) is 8.78 Å². The van der Waals surface area contributed by atoms with E-state index in [9.17, 15) is 13.9 Å². The number of benzene rings is 3. The highest BCUT2D eigenvalue weighted by Gasteiger charge is 2.51. The van der Waals surface area contributed by atoms with Gasteiger partial charge < -0.3 is 19.3 Å². The van der Waals surface area contributed by atoms with E-state index < -0.39 is 52.7 Å². The maximum Gasteiger partial charge on any atom is 0.184 e. The summed E-state index contributed by atoms with van der Waals surface area (Å²) >= 11 is 19.2. The maximum atomic E-state index is 14.1. The highest BCUT2D eigenvalue weighted by molar-refractivity contribution is 7.99. The first kappa shape index (κ1) is 27.9. The maximum absolute atomic E-state index is 14.1. The monoisotopic (exact) mass is 625 g/mol. The number of fused-ring (bicyclic) bond motifs is 1. The first-order chi connectivity index (χ1) is 19.3. The largest absolute Gasteiger partial charge is 0.387 e. The van der Waals surface area contributed by atoms with Crippen LogP contribution in [0.1, 0.15) is 17.9 Å². The molecule has 13 heteroatoms. The fourth-order valence-corrected chi connectivity index (χ4v) is 6.28. The van der Waals surface area contributed by atoms with Crippen LogP contribution in [-0.4, -0.2) is 50.5 Å². The lowest BCUT2D eigenvalue weighted by Gasteiger charge is -2.47. The summed E-state index contributed by atoms with van der Waals surface area (Å²) in [5.41, 5.74) is 0.348. The number of hydrogen-bond acceptors (Lipinski definition) is 7. The van der Waals surface area contributed by atoms with Crippen molar-refractivity contribution in [3.05, 3.63) is 99.1 Å². The second-order valence-corrected chi connectivity index (χ2v) is 11.6. The van der Waals surface area contributed by atoms with Crippen molar-refractivity contribution in [3.8, 4) is 11.3 Å². The van der Waals surface area contributed by atoms with Crippen LogP contribution in [0.15, 0.2) is 71.8 Å². The van der Waals surface area contributed by atoms with Gasteiger partial charge in [0, 0.05) is 16.0 Å². The Morgan fingerprint density at radius 2 is 1.70 bits per heavy atom. The molecule has 4 aromatic rings. The van der Waals surface area contributed by atoms with E-state index in [2.05, 4.69) is 10.3 Å². The molecular formula is C27H20Cl3F2N3O4S. The fourth-order valence-electron chi connectivity index (χ4n) is 4.70. The van der Waals surface area contributed by atoms with Gasteiger partial charge in [-0.05, 0) is 30.3 Å². The highest BCUT2D eigenvalue weighted by atomic mass is 35.5. The van der Waals surface area contributed by atoms with Crippen LogP contribution in [0.2, 0.25) is 15.1 Å². The topological polar surface area (TPSA) is 78.6 Å². The van der Waals surface area contributed by atoms with Gasteiger partial charge in [-0.15, -0.1) is 5.10 Å². The molecule has 0 amide bonds. The molecular weight excluding hydrogens is 607 g/mol. The first-order valence-corrected chi connectivity index (χ1v) is 14.1. The normalized spacial score (nSPS) is 26.4. The van der Waals surface area contributed by atoms with Crippen molar-refractivity contribution in [2.75, 3.05) is 6.61 Å². The van der Waals surface area contributed by atoms with Gasteiger partial charge in [-0.25, -0.2) is 13.5 Å². The third-order valence-electron chi connectivity index (χ3n) is 6.64. The van der Waals surface area contributed by atoms with Gasteiger partial charge in [-0.1, -0.05) is 82.1 Å². The Morgan fingerprint density at radius 1 is 0.950 bits per heavy atom. The summed E-state index contributed by atoms with van der Waals surface area (Å²) in [5, 5.41) is 20.1. The first-order valence-electron chi connectivity index (χ1n) is 12.1. The molecule has 2 aliphatic rings. The summed E-state index contributed by atoms with van der Waals surface area (Å²) in [6, 6.07) is 15.8. The predicted octanol–water partition coefficient (Wildman–Crippen LogP) is 6.72. The van der Waals surface area contributed by atoms with Crippen molar-refractivity contribution in [1.82, 2.24) is 15.0 Å². The van der Waals surface area contributed by atoms with E-state index in [4.69, 9.17) is 49.0 Å². The minimum Gasteiger partial charge on any atom is -0.387 e. The molecule has 7 nitrogen and oxygen atoms in total. The van der Waals surface area contributed by atoms with E-state index in [-0.39, 0.29) is 17.9 Å². The van der Waals surface area contributed by atoms with Crippen LogP contribution in [0.25, 0.3) is 11.3 Å². The van der Waals surface area contributed by atoms with E-state index in [1.165, 1.54) is 22.6 Å². The van der Waals surface area contributed by atoms with Gasteiger partial charge in [0.2, 0.25) is 0 Å². The molecule has 2 fully saturated rings. The zero-order valence-corrected chi connectivity index (χ0v) is 23.4. The number of ether oxygens (including phenoxy) is 3. The van der Waals surface area contributed by atoms with Gasteiger partial charge in [0.25, 0.3) is 0 Å². The van der Waals surface area contributed by atoms with Gasteiger partial charge in [0.15, 0.2) is 6.29 Å². The smallest absolute Gasteiger partial charge is 0.184 e. The summed E-state index contributed by atoms with van der Waals surface area (Å²) in [6.07, 6.45) is -1.64. The summed E-state index contributed by atoms with van der Waals surface area (Å²) in [5.74, 6) is -1.84. The SMILES string of the molecule is O[C@@H]1[C@@H](n2cc(-c3cc(F)c(Cl)c(F)c3)nn2)[C@H]2OC(c3ccccc3)OC[C@H]2O[C@@H]1Sc1ccc(Cl)c(Cl)c1. The number of halogens is 5. The molecule has 6 rings (SSSR count). The molecule has 1 N–H and O–H groups in total. The molecule has 3 aromatic carbocycles. The lowest BCUT2D eigenvalue weighted by Crippen LogP contribution is -2.58. The van der Waals surface area contributed by atoms with Crippen LogP contribution < -0.4 is 0 Å². The van der Waals surface area contributed by atoms with Crippen LogP contribution in [0.5, 0.6) is 0 Å². The number of hydrogen-bond donors (Lipinski definition) is 1. The van der Waals surface area contributed by atoms with Gasteiger partial charge in [0.1, 0.15) is 52.1 Å². The van der Waals surface area contributed by atoms with Crippen molar-refractivity contribution in [2.45, 2.75) is 41.0 Å². The van der Waals surface area contributed by atoms with Crippen LogP contribution in [0.3, 0.4) is 0 Å². The minimum absolute atomic E-state index is 0.139. The van der Waals surface area contributed by atoms with Crippen molar-refractivity contribution in [1.29, 1.82) is 0 Å². The van der Waals surface area contributed by atoms with Crippen LogP contribution >= 0.6 is 46.6 Å². The summed E-state index contributed by atoms with van der Waals surface area (Å²) in [7, 11) is 0. The number of aliphatic hydroxyl groups excluding tert-OH is 1. The molecule has 6 atom stereocenters. The molecule has 208 valence electrons. The van der Waals surface area contributed by atoms with E-state index in [1.807, 2.05) is 30.3 Å². The third kappa shape index (κ3) is 5.47. The molecule has 0 aliphatic carbocycles. The Bertz CT molecular complexity index is 1510. The summed E-state index contributed by atoms with van der Waals surface area (Å²) in [4.78, 5) is 0.724. The molecule has 0 radical (unpaired) electrons. The number of aliphatic hydroxyl groups is 1. The average Bonchev–Trinajstić information content (AvgIpc) is 3.44. The molecule has 2 saturated heterocycles. The quantitative estimate of drug-likeness (QED) is 0.247. The zero-order valence-electron chi connectivity index (χ0n) is 20.3. The van der Waals surface area contributed by atoms with Crippen LogP contribution in [-0.2, 0) is 14.2 Å². The van der Waals surface area contributed by atoms with Crippen molar-refractivity contribution in [2.24, 2.45) is 0 Å². The van der Waals surface area contributed by atoms with Gasteiger partial charge in [-0.3, -0.25) is 0 Å². The second-order valence-electron chi connectivity index (χ2n) is 9.23.